The van der Waals surface area contributed by atoms with Gasteiger partial charge >= 0.3 is 6.85 Å². The van der Waals surface area contributed by atoms with Crippen LogP contribution in [0.3, 0.4) is 0 Å². The Kier molecular flexibility index (Phi) is 5.29. The molecule has 5 nitrogen and oxygen atoms in total. The largest absolute Gasteiger partial charge is 0.458 e. The van der Waals surface area contributed by atoms with Crippen molar-refractivity contribution in [1.29, 1.82) is 0 Å². The molecule has 2 unspecified atom stereocenters. The highest BCUT2D eigenvalue weighted by Gasteiger charge is 2.63. The van der Waals surface area contributed by atoms with E-state index in [0.717, 1.165) is 11.5 Å². The first-order chi connectivity index (χ1) is 30.8. The predicted octanol–water partition coefficient (Wildman–Crippen LogP) is 8.25. The van der Waals surface area contributed by atoms with Crippen LogP contribution in [0, 0.1) is 0 Å². The summed E-state index contributed by atoms with van der Waals surface area (Å²) in [7, 11) is 0. The lowest BCUT2D eigenvalue weighted by molar-refractivity contribution is 0.486. The lowest BCUT2D eigenvalue weighted by Gasteiger charge is -2.59. The molecule has 0 N–H and O–H groups in total. The number of nitrogens with zero attached hydrogens (tertiary/aromatic N) is 4. The lowest BCUT2D eigenvalue weighted by atomic mass is 9.27. The van der Waals surface area contributed by atoms with Gasteiger partial charge in [-0.3, -0.25) is 0 Å². The first-order valence-corrected chi connectivity index (χ1v) is 22.0. The molecule has 8 heterocycles. The van der Waals surface area contributed by atoms with Gasteiger partial charge < -0.3 is 23.9 Å². The number of anilines is 7. The van der Waals surface area contributed by atoms with Gasteiger partial charge in [-0.2, -0.15) is 0 Å². The Bertz CT molecular complexity index is 3670. The summed E-state index contributed by atoms with van der Waals surface area (Å²) >= 11 is 0. The summed E-state index contributed by atoms with van der Waals surface area (Å²) in [6.07, 6.45) is 0. The maximum atomic E-state index is 7.23. The highest BCUT2D eigenvalue weighted by Crippen LogP contribution is 2.68. The molecule has 0 bridgehead atoms. The van der Waals surface area contributed by atoms with Crippen LogP contribution in [0.15, 0.2) is 182 Å². The molecule has 0 saturated heterocycles. The number of benzene rings is 8. The molecule has 0 fully saturated rings. The molecular formula is C54H31B3N4O. The second kappa shape index (κ2) is 10.5. The minimum Gasteiger partial charge on any atom is -0.458 e. The van der Waals surface area contributed by atoms with E-state index in [1.807, 2.05) is 0 Å². The number of aromatic nitrogens is 1. The summed E-state index contributed by atoms with van der Waals surface area (Å²) in [4.78, 5) is 8.08. The fourth-order valence-corrected chi connectivity index (χ4v) is 13.9. The van der Waals surface area contributed by atoms with Crippen LogP contribution in [0.25, 0.3) is 22.1 Å². The highest BCUT2D eigenvalue weighted by molar-refractivity contribution is 7.03. The molecule has 8 aromatic carbocycles. The predicted molar refractivity (Wildman–Crippen MR) is 256 cm³/mol. The molecular weight excluding hydrogens is 753 g/mol. The first kappa shape index (κ1) is 31.3. The zero-order chi connectivity index (χ0) is 39.7. The van der Waals surface area contributed by atoms with Gasteiger partial charge in [-0.15, -0.1) is 0 Å². The third kappa shape index (κ3) is 3.29. The maximum absolute atomic E-state index is 7.23. The molecule has 62 heavy (non-hydrogen) atoms. The van der Waals surface area contributed by atoms with E-state index in [1.54, 1.807) is 0 Å². The van der Waals surface area contributed by atoms with Crippen molar-refractivity contribution < 1.29 is 4.74 Å². The number of fused-ring (bicyclic) bond motifs is 23. The van der Waals surface area contributed by atoms with Crippen LogP contribution in [-0.2, 0) is 0 Å². The number of allylic oxidation sites excluding steroid dienone is 1. The fraction of sp³-hybridized carbons (Fsp3) is 0.0370. The third-order valence-electron chi connectivity index (χ3n) is 15.8. The van der Waals surface area contributed by atoms with Crippen molar-refractivity contribution >= 4 is 109 Å². The average molecular weight is 784 g/mol. The van der Waals surface area contributed by atoms with E-state index in [0.29, 0.717) is 0 Å². The van der Waals surface area contributed by atoms with E-state index in [9.17, 15) is 0 Å². The molecule has 1 aromatic heterocycles. The van der Waals surface area contributed by atoms with Gasteiger partial charge in [-0.05, 0) is 104 Å². The van der Waals surface area contributed by atoms with E-state index in [1.165, 1.54) is 117 Å². The number of para-hydroxylation sites is 8. The molecule has 17 rings (SSSR count). The normalized spacial score (nSPS) is 18.5. The molecule has 0 amide bonds. The summed E-state index contributed by atoms with van der Waals surface area (Å²) < 4.78 is 9.87. The Morgan fingerprint density at radius 1 is 0.468 bits per heavy atom. The molecule has 2 atom stereocenters. The van der Waals surface area contributed by atoms with Crippen LogP contribution < -0.4 is 52.1 Å². The Balaban J connectivity index is 1.10. The topological polar surface area (TPSA) is 23.9 Å². The van der Waals surface area contributed by atoms with Crippen LogP contribution in [0.1, 0.15) is 22.7 Å². The van der Waals surface area contributed by atoms with Gasteiger partial charge in [0.05, 0.1) is 28.3 Å². The molecule has 1 aliphatic carbocycles. The van der Waals surface area contributed by atoms with Crippen molar-refractivity contribution in [3.05, 3.63) is 198 Å². The zero-order valence-electron chi connectivity index (χ0n) is 33.3. The maximum Gasteiger partial charge on any atom is 0.306 e. The molecule has 0 radical (unpaired) electrons. The summed E-state index contributed by atoms with van der Waals surface area (Å²) in [6.45, 7) is 0.159. The van der Waals surface area contributed by atoms with Crippen LogP contribution >= 0.6 is 0 Å². The fourth-order valence-electron chi connectivity index (χ4n) is 13.9. The van der Waals surface area contributed by atoms with Crippen molar-refractivity contribution in [2.45, 2.75) is 11.7 Å². The molecule has 282 valence electrons. The Morgan fingerprint density at radius 3 is 1.84 bits per heavy atom. The summed E-state index contributed by atoms with van der Waals surface area (Å²) in [6, 6.07) is 66.6. The van der Waals surface area contributed by atoms with E-state index < -0.39 is 0 Å². The second-order valence-electron chi connectivity index (χ2n) is 18.2. The number of hydrogen-bond donors (Lipinski definition) is 0. The Hall–Kier alpha value is -7.57. The van der Waals surface area contributed by atoms with Gasteiger partial charge in [-0.25, -0.2) is 0 Å². The van der Waals surface area contributed by atoms with Crippen LogP contribution in [0.4, 0.5) is 39.8 Å². The van der Waals surface area contributed by atoms with Crippen molar-refractivity contribution in [2.75, 3.05) is 14.6 Å². The quantitative estimate of drug-likeness (QED) is 0.145. The summed E-state index contributed by atoms with van der Waals surface area (Å²) in [5, 5.41) is 1.34. The number of hydrogen-bond acceptors (Lipinski definition) is 4. The van der Waals surface area contributed by atoms with Gasteiger partial charge in [0.2, 0.25) is 0 Å². The van der Waals surface area contributed by atoms with Gasteiger partial charge in [-0.1, -0.05) is 121 Å². The van der Waals surface area contributed by atoms with Crippen molar-refractivity contribution in [2.24, 2.45) is 0 Å². The van der Waals surface area contributed by atoms with E-state index >= 15 is 0 Å². The average Bonchev–Trinajstić information content (AvgIpc) is 3.68. The SMILES string of the molecule is c1ccc2c(c1)Oc1cc3c4c5c1B2c1ccccc1N5c1ccccc1N4B1c2ccccc2N2C4=C5B(c6ccccc62)c2ccccc2-n2c5c(c5ccccc52)C3C14. The molecule has 0 spiro atoms. The standard InChI is InChI=1S/C54H31B3N4O/c1-7-21-37-30(15-1)47-46-31-29-45-48-54-51(31)61(43-27-13-12-26-42(43)60(54)40-24-10-4-18-34(40)56(48)36-20-6-14-28-44(36)62-45)57-35-19-5-11-25-41(35)59-39-23-9-3-17-33(39)55-32-16-2-8-22-38(32)58(37)52(47)50(55)53(59)49(46)57/h1-29,46,49H. The molecule has 9 aromatic rings. The molecule has 7 aliphatic heterocycles. The minimum atomic E-state index is 0.0193. The van der Waals surface area contributed by atoms with Crippen molar-refractivity contribution in [1.82, 2.24) is 4.57 Å². The van der Waals surface area contributed by atoms with Crippen LogP contribution in [0.5, 0.6) is 11.5 Å². The van der Waals surface area contributed by atoms with Gasteiger partial charge in [0, 0.05) is 51.3 Å². The van der Waals surface area contributed by atoms with Gasteiger partial charge in [0.1, 0.15) is 11.5 Å². The molecule has 8 heteroatoms. The third-order valence-corrected chi connectivity index (χ3v) is 15.8. The lowest BCUT2D eigenvalue weighted by Crippen LogP contribution is -2.66. The van der Waals surface area contributed by atoms with Crippen molar-refractivity contribution in [3.8, 4) is 17.2 Å². The van der Waals surface area contributed by atoms with E-state index in [4.69, 9.17) is 4.74 Å². The van der Waals surface area contributed by atoms with E-state index in [-0.39, 0.29) is 32.0 Å². The monoisotopic (exact) mass is 784 g/mol. The highest BCUT2D eigenvalue weighted by atomic mass is 16.5. The smallest absolute Gasteiger partial charge is 0.306 e. The first-order valence-electron chi connectivity index (χ1n) is 22.0. The number of ether oxygens (including phenoxy) is 1. The number of rotatable bonds is 0. The minimum absolute atomic E-state index is 0.0193. The van der Waals surface area contributed by atoms with Crippen LogP contribution in [-0.4, -0.2) is 24.8 Å². The molecule has 8 aliphatic rings. The van der Waals surface area contributed by atoms with E-state index in [2.05, 4.69) is 195 Å². The van der Waals surface area contributed by atoms with Gasteiger partial charge in [0.15, 0.2) is 0 Å². The summed E-state index contributed by atoms with van der Waals surface area (Å²) in [5.74, 6) is 2.04. The van der Waals surface area contributed by atoms with Gasteiger partial charge in [0.25, 0.3) is 13.4 Å². The Morgan fingerprint density at radius 2 is 1.05 bits per heavy atom. The van der Waals surface area contributed by atoms with Crippen molar-refractivity contribution in [3.63, 3.8) is 0 Å². The second-order valence-corrected chi connectivity index (χ2v) is 18.2. The summed E-state index contributed by atoms with van der Waals surface area (Å²) in [5.41, 5.74) is 26.4. The Labute approximate surface area is 359 Å². The van der Waals surface area contributed by atoms with Crippen LogP contribution in [0.2, 0.25) is 5.82 Å². The molecule has 0 saturated carbocycles. The zero-order valence-corrected chi connectivity index (χ0v) is 33.3.